The third-order valence-corrected chi connectivity index (χ3v) is 5.88. The van der Waals surface area contributed by atoms with Gasteiger partial charge >= 0.3 is 0 Å². The topological polar surface area (TPSA) is 44.1 Å². The Morgan fingerprint density at radius 2 is 1.83 bits per heavy atom. The summed E-state index contributed by atoms with van der Waals surface area (Å²) in [6.45, 7) is 2.47. The molecule has 0 amide bonds. The van der Waals surface area contributed by atoms with Gasteiger partial charge in [0.05, 0.1) is 23.2 Å². The highest BCUT2D eigenvalue weighted by Gasteiger charge is 2.15. The molecule has 0 bridgehead atoms. The number of thioether (sulfide) groups is 1. The second kappa shape index (κ2) is 8.90. The summed E-state index contributed by atoms with van der Waals surface area (Å²) >= 11 is 7.43. The Balaban J connectivity index is 1.81. The minimum atomic E-state index is -0.384. The summed E-state index contributed by atoms with van der Waals surface area (Å²) in [5.74, 6) is 0.578. The number of benzene rings is 3. The molecule has 0 N–H and O–H groups in total. The molecule has 0 aliphatic carbocycles. The van der Waals surface area contributed by atoms with Crippen LogP contribution in [0.3, 0.4) is 0 Å². The molecule has 0 fully saturated rings. The van der Waals surface area contributed by atoms with E-state index >= 15 is 0 Å². The predicted molar refractivity (Wildman–Crippen MR) is 119 cm³/mol. The van der Waals surface area contributed by atoms with E-state index in [1.807, 2.05) is 37.3 Å². The fourth-order valence-electron chi connectivity index (χ4n) is 3.10. The lowest BCUT2D eigenvalue weighted by Crippen LogP contribution is -2.21. The number of hydrogen-bond donors (Lipinski definition) is 0. The van der Waals surface area contributed by atoms with Gasteiger partial charge in [-0.15, -0.1) is 0 Å². The number of halogens is 2. The van der Waals surface area contributed by atoms with Crippen LogP contribution in [0.15, 0.2) is 76.7 Å². The van der Waals surface area contributed by atoms with Crippen LogP contribution in [-0.2, 0) is 5.75 Å². The number of fused-ring (bicyclic) bond motifs is 1. The minimum Gasteiger partial charge on any atom is -0.494 e. The number of ether oxygens (including phenoxy) is 1. The van der Waals surface area contributed by atoms with E-state index in [0.29, 0.717) is 38.9 Å². The van der Waals surface area contributed by atoms with Crippen LogP contribution in [0, 0.1) is 5.82 Å². The lowest BCUT2D eigenvalue weighted by atomic mass is 10.2. The van der Waals surface area contributed by atoms with Crippen molar-refractivity contribution in [1.82, 2.24) is 9.55 Å². The normalized spacial score (nSPS) is 11.0. The van der Waals surface area contributed by atoms with Crippen molar-refractivity contribution < 1.29 is 9.13 Å². The predicted octanol–water partition coefficient (Wildman–Crippen LogP) is 5.87. The number of para-hydroxylation sites is 1. The van der Waals surface area contributed by atoms with Crippen LogP contribution in [0.1, 0.15) is 12.5 Å². The quantitative estimate of drug-likeness (QED) is 0.278. The molecular weight excluding hydrogens is 423 g/mol. The minimum absolute atomic E-state index is 0.188. The molecule has 0 unspecified atom stereocenters. The summed E-state index contributed by atoms with van der Waals surface area (Å²) in [6.07, 6.45) is 0. The van der Waals surface area contributed by atoms with E-state index in [9.17, 15) is 9.18 Å². The molecule has 0 atom stereocenters. The van der Waals surface area contributed by atoms with Gasteiger partial charge in [0, 0.05) is 16.3 Å². The molecule has 4 rings (SSSR count). The summed E-state index contributed by atoms with van der Waals surface area (Å²) in [5, 5.41) is 1.32. The molecule has 0 aliphatic heterocycles. The Kier molecular flexibility index (Phi) is 6.06. The summed E-state index contributed by atoms with van der Waals surface area (Å²) in [4.78, 5) is 18.0. The van der Waals surface area contributed by atoms with Crippen LogP contribution < -0.4 is 10.3 Å². The highest BCUT2D eigenvalue weighted by Crippen LogP contribution is 2.29. The zero-order valence-electron chi connectivity index (χ0n) is 16.1. The molecule has 0 radical (unpaired) electrons. The average Bonchev–Trinajstić information content (AvgIpc) is 2.75. The fourth-order valence-corrected chi connectivity index (χ4v) is 4.46. The van der Waals surface area contributed by atoms with E-state index in [1.54, 1.807) is 30.3 Å². The van der Waals surface area contributed by atoms with Crippen molar-refractivity contribution in [3.63, 3.8) is 0 Å². The van der Waals surface area contributed by atoms with Crippen molar-refractivity contribution in [3.8, 4) is 11.4 Å². The molecule has 4 aromatic rings. The molecule has 1 heterocycles. The molecule has 0 aliphatic rings. The van der Waals surface area contributed by atoms with Gasteiger partial charge in [-0.1, -0.05) is 41.6 Å². The largest absolute Gasteiger partial charge is 0.494 e. The summed E-state index contributed by atoms with van der Waals surface area (Å²) in [6, 6.07) is 19.0. The van der Waals surface area contributed by atoms with E-state index in [0.717, 1.165) is 5.75 Å². The van der Waals surface area contributed by atoms with Crippen molar-refractivity contribution in [3.05, 3.63) is 93.5 Å². The maximum absolute atomic E-state index is 14.2. The van der Waals surface area contributed by atoms with E-state index in [2.05, 4.69) is 4.98 Å². The van der Waals surface area contributed by atoms with E-state index in [4.69, 9.17) is 16.3 Å². The molecular formula is C23H18ClFN2O2S. The van der Waals surface area contributed by atoms with Crippen molar-refractivity contribution in [1.29, 1.82) is 0 Å². The van der Waals surface area contributed by atoms with Gasteiger partial charge in [0.1, 0.15) is 11.6 Å². The highest BCUT2D eigenvalue weighted by molar-refractivity contribution is 7.98. The maximum atomic E-state index is 14.2. The lowest BCUT2D eigenvalue weighted by Gasteiger charge is -2.14. The monoisotopic (exact) mass is 440 g/mol. The van der Waals surface area contributed by atoms with E-state index in [1.165, 1.54) is 22.4 Å². The second-order valence-corrected chi connectivity index (χ2v) is 7.82. The van der Waals surface area contributed by atoms with Gasteiger partial charge in [-0.2, -0.15) is 0 Å². The number of nitrogens with zero attached hydrogens (tertiary/aromatic N) is 2. The molecule has 30 heavy (non-hydrogen) atoms. The number of hydrogen-bond acceptors (Lipinski definition) is 4. The zero-order valence-corrected chi connectivity index (χ0v) is 17.7. The summed E-state index contributed by atoms with van der Waals surface area (Å²) < 4.78 is 21.3. The van der Waals surface area contributed by atoms with Crippen LogP contribution in [0.5, 0.6) is 5.75 Å². The molecule has 4 nitrogen and oxygen atoms in total. The third-order valence-electron chi connectivity index (χ3n) is 4.56. The number of aromatic nitrogens is 2. The van der Waals surface area contributed by atoms with Gasteiger partial charge in [0.2, 0.25) is 0 Å². The summed E-state index contributed by atoms with van der Waals surface area (Å²) in [7, 11) is 0. The van der Waals surface area contributed by atoms with Crippen LogP contribution in [0.25, 0.3) is 16.6 Å². The summed E-state index contributed by atoms with van der Waals surface area (Å²) in [5.41, 5.74) is 1.44. The van der Waals surface area contributed by atoms with Crippen molar-refractivity contribution in [2.45, 2.75) is 17.8 Å². The van der Waals surface area contributed by atoms with E-state index < -0.39 is 0 Å². The van der Waals surface area contributed by atoms with Gasteiger partial charge in [-0.05, 0) is 55.5 Å². The lowest BCUT2D eigenvalue weighted by molar-refractivity contribution is 0.340. The fraction of sp³-hybridized carbons (Fsp3) is 0.130. The van der Waals surface area contributed by atoms with Gasteiger partial charge in [0.15, 0.2) is 5.16 Å². The Hall–Kier alpha value is -2.83. The molecule has 7 heteroatoms. The Morgan fingerprint density at radius 1 is 1.07 bits per heavy atom. The van der Waals surface area contributed by atoms with Crippen molar-refractivity contribution in [2.24, 2.45) is 0 Å². The first-order valence-corrected chi connectivity index (χ1v) is 10.8. The Bertz CT molecular complexity index is 1240. The average molecular weight is 441 g/mol. The standard InChI is InChI=1S/C23H18ClFN2O2S/c1-2-29-16-12-10-15(11-13-16)27-22(28)17-6-3-4-9-21(17)26-23(27)30-14-18-19(24)7-5-8-20(18)25/h3-13H,2,14H2,1H3. The SMILES string of the molecule is CCOc1ccc(-n2c(SCc3c(F)cccc3Cl)nc3ccccc3c2=O)cc1. The highest BCUT2D eigenvalue weighted by atomic mass is 35.5. The Labute approximate surface area is 182 Å². The van der Waals surface area contributed by atoms with Crippen molar-refractivity contribution in [2.75, 3.05) is 6.61 Å². The van der Waals surface area contributed by atoms with E-state index in [-0.39, 0.29) is 17.1 Å². The van der Waals surface area contributed by atoms with Gasteiger partial charge in [-0.3, -0.25) is 9.36 Å². The van der Waals surface area contributed by atoms with Crippen LogP contribution in [-0.4, -0.2) is 16.2 Å². The molecule has 3 aromatic carbocycles. The molecule has 0 saturated heterocycles. The van der Waals surface area contributed by atoms with Crippen LogP contribution in [0.4, 0.5) is 4.39 Å². The van der Waals surface area contributed by atoms with Gasteiger partial charge in [0.25, 0.3) is 5.56 Å². The first-order valence-electron chi connectivity index (χ1n) is 9.39. The van der Waals surface area contributed by atoms with Gasteiger partial charge < -0.3 is 4.74 Å². The van der Waals surface area contributed by atoms with Crippen LogP contribution in [0.2, 0.25) is 5.02 Å². The van der Waals surface area contributed by atoms with Crippen molar-refractivity contribution >= 4 is 34.3 Å². The maximum Gasteiger partial charge on any atom is 0.266 e. The zero-order chi connectivity index (χ0) is 21.1. The molecule has 0 spiro atoms. The third kappa shape index (κ3) is 4.06. The van der Waals surface area contributed by atoms with Gasteiger partial charge in [-0.25, -0.2) is 9.37 Å². The molecule has 1 aromatic heterocycles. The Morgan fingerprint density at radius 3 is 2.57 bits per heavy atom. The number of rotatable bonds is 6. The molecule has 152 valence electrons. The first kappa shape index (κ1) is 20.4. The molecule has 0 saturated carbocycles. The second-order valence-electron chi connectivity index (χ2n) is 6.47. The first-order chi connectivity index (χ1) is 14.6. The van der Waals surface area contributed by atoms with Crippen LogP contribution >= 0.6 is 23.4 Å². The smallest absolute Gasteiger partial charge is 0.266 e.